The highest BCUT2D eigenvalue weighted by molar-refractivity contribution is 8.13. The average Bonchev–Trinajstić information content (AvgIpc) is 2.18. The van der Waals surface area contributed by atoms with Crippen molar-refractivity contribution in [3.63, 3.8) is 0 Å². The van der Waals surface area contributed by atoms with Gasteiger partial charge in [0.05, 0.1) is 0 Å². The summed E-state index contributed by atoms with van der Waals surface area (Å²) in [6.07, 6.45) is 0. The molecule has 0 saturated heterocycles. The molecule has 16 heavy (non-hydrogen) atoms. The fourth-order valence-electron chi connectivity index (χ4n) is 0.950. The van der Waals surface area contributed by atoms with E-state index in [0.717, 1.165) is 11.8 Å². The Kier molecular flexibility index (Phi) is 4.57. The van der Waals surface area contributed by atoms with E-state index >= 15 is 0 Å². The highest BCUT2D eigenvalue weighted by atomic mass is 35.5. The van der Waals surface area contributed by atoms with Crippen LogP contribution in [0.5, 0.6) is 0 Å². The predicted molar refractivity (Wildman–Crippen MR) is 66.2 cm³/mol. The number of benzene rings is 1. The van der Waals surface area contributed by atoms with Crippen LogP contribution in [0.15, 0.2) is 23.2 Å². The minimum absolute atomic E-state index is 0.0700. The molecule has 0 amide bonds. The molecule has 0 fully saturated rings. The molecule has 4 nitrogen and oxygen atoms in total. The maximum atomic E-state index is 13.3. The summed E-state index contributed by atoms with van der Waals surface area (Å²) in [5.41, 5.74) is 10.6. The molecule has 0 spiro atoms. The molecule has 0 radical (unpaired) electrons. The molecule has 0 aliphatic carbocycles. The third-order valence-corrected chi connectivity index (χ3v) is 2.66. The summed E-state index contributed by atoms with van der Waals surface area (Å²) < 4.78 is 13.3. The van der Waals surface area contributed by atoms with Gasteiger partial charge in [-0.2, -0.15) is 4.99 Å². The summed E-state index contributed by atoms with van der Waals surface area (Å²) in [5.74, 6) is -0.305. The molecular weight excluding hydrogens is 251 g/mol. The molecule has 1 aromatic rings. The van der Waals surface area contributed by atoms with Crippen molar-refractivity contribution in [2.75, 3.05) is 0 Å². The number of nitrogens with two attached hydrogens (primary N) is 2. The van der Waals surface area contributed by atoms with E-state index in [1.165, 1.54) is 18.2 Å². The summed E-state index contributed by atoms with van der Waals surface area (Å²) in [5, 5.41) is 7.73. The maximum absolute atomic E-state index is 13.3. The highest BCUT2D eigenvalue weighted by Gasteiger charge is 2.05. The van der Waals surface area contributed by atoms with Crippen LogP contribution in [0.1, 0.15) is 5.56 Å². The molecule has 1 aromatic carbocycles. The molecule has 0 unspecified atom stereocenters. The van der Waals surface area contributed by atoms with Crippen molar-refractivity contribution in [3.8, 4) is 0 Å². The number of hydrogen-bond donors (Lipinski definition) is 3. The second kappa shape index (κ2) is 5.72. The fraction of sp³-hybridized carbons (Fsp3) is 0.111. The number of thioether (sulfide) groups is 1. The van der Waals surface area contributed by atoms with E-state index in [2.05, 4.69) is 4.99 Å². The number of hydrogen-bond acceptors (Lipinski definition) is 2. The zero-order chi connectivity index (χ0) is 12.1. The van der Waals surface area contributed by atoms with Crippen LogP contribution in [0.2, 0.25) is 5.02 Å². The average molecular weight is 261 g/mol. The molecule has 0 bridgehead atoms. The number of guanidine groups is 1. The number of nitrogens with zero attached hydrogens (tertiary/aromatic N) is 1. The van der Waals surface area contributed by atoms with Crippen molar-refractivity contribution in [1.29, 1.82) is 5.41 Å². The normalized spacial score (nSPS) is 9.88. The summed E-state index contributed by atoms with van der Waals surface area (Å²) in [6, 6.07) is 4.25. The molecule has 5 N–H and O–H groups in total. The second-order valence-electron chi connectivity index (χ2n) is 2.87. The number of aliphatic imine (C=N–C) groups is 1. The van der Waals surface area contributed by atoms with Gasteiger partial charge in [0.2, 0.25) is 0 Å². The van der Waals surface area contributed by atoms with Crippen LogP contribution >= 0.6 is 23.4 Å². The lowest BCUT2D eigenvalue weighted by atomic mass is 10.2. The fourth-order valence-corrected chi connectivity index (χ4v) is 1.83. The molecule has 0 aromatic heterocycles. The minimum Gasteiger partial charge on any atom is -0.370 e. The van der Waals surface area contributed by atoms with Gasteiger partial charge in [-0.15, -0.1) is 0 Å². The van der Waals surface area contributed by atoms with Gasteiger partial charge in [-0.25, -0.2) is 4.39 Å². The van der Waals surface area contributed by atoms with E-state index in [-0.39, 0.29) is 22.7 Å². The Balaban J connectivity index is 2.64. The van der Waals surface area contributed by atoms with Crippen LogP contribution in [0.4, 0.5) is 4.39 Å². The lowest BCUT2D eigenvalue weighted by Gasteiger charge is -2.02. The van der Waals surface area contributed by atoms with Gasteiger partial charge in [-0.1, -0.05) is 23.4 Å². The van der Waals surface area contributed by atoms with E-state index in [9.17, 15) is 4.39 Å². The Hall–Kier alpha value is -1.27. The molecule has 0 heterocycles. The van der Waals surface area contributed by atoms with Gasteiger partial charge in [0.25, 0.3) is 0 Å². The first-order chi connectivity index (χ1) is 7.49. The van der Waals surface area contributed by atoms with E-state index in [1.807, 2.05) is 0 Å². The van der Waals surface area contributed by atoms with Gasteiger partial charge in [0.15, 0.2) is 11.1 Å². The summed E-state index contributed by atoms with van der Waals surface area (Å²) in [4.78, 5) is 3.51. The van der Waals surface area contributed by atoms with Crippen molar-refractivity contribution in [1.82, 2.24) is 0 Å². The molecule has 0 saturated carbocycles. The van der Waals surface area contributed by atoms with Crippen LogP contribution < -0.4 is 11.5 Å². The Morgan fingerprint density at radius 3 is 2.81 bits per heavy atom. The first-order valence-electron chi connectivity index (χ1n) is 4.24. The van der Waals surface area contributed by atoms with Crippen molar-refractivity contribution in [2.24, 2.45) is 16.5 Å². The lowest BCUT2D eigenvalue weighted by Crippen LogP contribution is -2.23. The summed E-state index contributed by atoms with van der Waals surface area (Å²) in [7, 11) is 0. The topological polar surface area (TPSA) is 88.2 Å². The molecule has 7 heteroatoms. The largest absolute Gasteiger partial charge is 0.370 e. The van der Waals surface area contributed by atoms with Crippen molar-refractivity contribution < 1.29 is 4.39 Å². The van der Waals surface area contributed by atoms with Crippen molar-refractivity contribution in [2.45, 2.75) is 5.75 Å². The third-order valence-electron chi connectivity index (χ3n) is 1.60. The number of amidine groups is 1. The number of nitrogens with one attached hydrogen (secondary N) is 1. The lowest BCUT2D eigenvalue weighted by molar-refractivity contribution is 0.617. The van der Waals surface area contributed by atoms with Gasteiger partial charge in [0.1, 0.15) is 5.82 Å². The smallest absolute Gasteiger partial charge is 0.193 e. The third kappa shape index (κ3) is 4.08. The van der Waals surface area contributed by atoms with Gasteiger partial charge in [-0.3, -0.25) is 5.41 Å². The molecular formula is C9H10ClFN4S. The number of rotatable bonds is 2. The summed E-state index contributed by atoms with van der Waals surface area (Å²) in [6.45, 7) is 0. The van der Waals surface area contributed by atoms with E-state index in [4.69, 9.17) is 28.5 Å². The van der Waals surface area contributed by atoms with Crippen LogP contribution in [-0.2, 0) is 5.75 Å². The van der Waals surface area contributed by atoms with E-state index in [0.29, 0.717) is 10.6 Å². The highest BCUT2D eigenvalue weighted by Crippen LogP contribution is 2.20. The van der Waals surface area contributed by atoms with Gasteiger partial charge < -0.3 is 11.5 Å². The van der Waals surface area contributed by atoms with E-state index < -0.39 is 0 Å². The van der Waals surface area contributed by atoms with Crippen molar-refractivity contribution >= 4 is 34.5 Å². The Morgan fingerprint density at radius 2 is 2.19 bits per heavy atom. The van der Waals surface area contributed by atoms with Crippen LogP contribution in [0, 0.1) is 11.2 Å². The maximum Gasteiger partial charge on any atom is 0.193 e. The quantitative estimate of drug-likeness (QED) is 0.561. The van der Waals surface area contributed by atoms with E-state index in [1.54, 1.807) is 0 Å². The Morgan fingerprint density at radius 1 is 1.50 bits per heavy atom. The first-order valence-corrected chi connectivity index (χ1v) is 5.60. The molecule has 1 rings (SSSR count). The van der Waals surface area contributed by atoms with Gasteiger partial charge in [0, 0.05) is 10.8 Å². The molecule has 86 valence electrons. The first kappa shape index (κ1) is 12.8. The zero-order valence-corrected chi connectivity index (χ0v) is 9.78. The van der Waals surface area contributed by atoms with Crippen LogP contribution in [0.25, 0.3) is 0 Å². The Labute approximate surface area is 101 Å². The number of halogens is 2. The SMILES string of the molecule is N=C(N=C(N)N)SCc1cc(Cl)ccc1F. The Bertz CT molecular complexity index is 432. The van der Waals surface area contributed by atoms with Crippen LogP contribution in [0.3, 0.4) is 0 Å². The predicted octanol–water partition coefficient (Wildman–Crippen LogP) is 1.92. The van der Waals surface area contributed by atoms with Crippen molar-refractivity contribution in [3.05, 3.63) is 34.6 Å². The van der Waals surface area contributed by atoms with Gasteiger partial charge in [-0.05, 0) is 23.8 Å². The van der Waals surface area contributed by atoms with Gasteiger partial charge >= 0.3 is 0 Å². The summed E-state index contributed by atoms with van der Waals surface area (Å²) >= 11 is 6.74. The monoisotopic (exact) mass is 260 g/mol. The van der Waals surface area contributed by atoms with Crippen LogP contribution in [-0.4, -0.2) is 11.1 Å². The zero-order valence-electron chi connectivity index (χ0n) is 8.21. The molecule has 0 aliphatic heterocycles. The minimum atomic E-state index is -0.366. The standard InChI is InChI=1S/C9H10ClFN4S/c10-6-1-2-7(11)5(3-6)4-16-9(14)15-8(12)13/h1-3H,4H2,(H5,12,13,14,15). The second-order valence-corrected chi connectivity index (χ2v) is 4.27. The molecule has 0 aliphatic rings. The molecule has 0 atom stereocenters.